The van der Waals surface area contributed by atoms with Crippen LogP contribution in [0.4, 0.5) is 0 Å². The van der Waals surface area contributed by atoms with E-state index in [1.165, 1.54) is 0 Å². The first-order valence-corrected chi connectivity index (χ1v) is 3.97. The summed E-state index contributed by atoms with van der Waals surface area (Å²) in [6.07, 6.45) is 5.91. The lowest BCUT2D eigenvalue weighted by Crippen LogP contribution is -2.16. The summed E-state index contributed by atoms with van der Waals surface area (Å²) in [6.45, 7) is 2.57. The summed E-state index contributed by atoms with van der Waals surface area (Å²) >= 11 is 1.69. The summed E-state index contributed by atoms with van der Waals surface area (Å²) < 4.78 is 0. The zero-order chi connectivity index (χ0) is 7.40. The minimum atomic E-state index is 0.405. The Morgan fingerprint density at radius 3 is 3.40 bits per heavy atom. The molecular formula is C7H9NOS. The minimum Gasteiger partial charge on any atom is -0.394 e. The van der Waals surface area contributed by atoms with E-state index in [9.17, 15) is 0 Å². The maximum absolute atomic E-state index is 5.15. The van der Waals surface area contributed by atoms with Crippen LogP contribution in [0.1, 0.15) is 13.3 Å². The van der Waals surface area contributed by atoms with Crippen LogP contribution < -0.4 is 0 Å². The van der Waals surface area contributed by atoms with E-state index in [-0.39, 0.29) is 0 Å². The van der Waals surface area contributed by atoms with E-state index in [4.69, 9.17) is 11.3 Å². The largest absolute Gasteiger partial charge is 0.394 e. The maximum Gasteiger partial charge on any atom is 0.130 e. The van der Waals surface area contributed by atoms with Gasteiger partial charge in [-0.2, -0.15) is 0 Å². The van der Waals surface area contributed by atoms with Gasteiger partial charge in [0.2, 0.25) is 0 Å². The fourth-order valence-corrected chi connectivity index (χ4v) is 1.63. The Labute approximate surface area is 65.0 Å². The van der Waals surface area contributed by atoms with Crippen molar-refractivity contribution in [1.29, 1.82) is 0 Å². The fraction of sp³-hybridized carbons (Fsp3) is 0.571. The van der Waals surface area contributed by atoms with Gasteiger partial charge in [-0.25, -0.2) is 0 Å². The summed E-state index contributed by atoms with van der Waals surface area (Å²) in [6, 6.07) is 0. The molecule has 1 heterocycles. The van der Waals surface area contributed by atoms with Gasteiger partial charge in [0.05, 0.1) is 5.25 Å². The molecule has 1 unspecified atom stereocenters. The number of nitrogens with zero attached hydrogens (tertiary/aromatic N) is 1. The van der Waals surface area contributed by atoms with E-state index in [1.54, 1.807) is 11.8 Å². The molecule has 0 saturated carbocycles. The molecule has 0 fully saturated rings. The van der Waals surface area contributed by atoms with Crippen LogP contribution in [-0.4, -0.2) is 16.9 Å². The van der Waals surface area contributed by atoms with Crippen LogP contribution in [0.3, 0.4) is 0 Å². The minimum absolute atomic E-state index is 0.405. The normalized spacial score (nSPS) is 24.4. The van der Waals surface area contributed by atoms with Crippen molar-refractivity contribution in [2.75, 3.05) is 6.61 Å². The third kappa shape index (κ3) is 1.96. The molecule has 2 nitrogen and oxygen atoms in total. The van der Waals surface area contributed by atoms with E-state index in [2.05, 4.69) is 11.1 Å². The van der Waals surface area contributed by atoms with Crippen LogP contribution in [0.2, 0.25) is 0 Å². The summed E-state index contributed by atoms with van der Waals surface area (Å²) in [5, 5.41) is 5.14. The molecule has 0 saturated heterocycles. The molecule has 0 spiro atoms. The van der Waals surface area contributed by atoms with Gasteiger partial charge in [-0.3, -0.25) is 0 Å². The molecule has 0 aliphatic carbocycles. The van der Waals surface area contributed by atoms with Gasteiger partial charge in [0.25, 0.3) is 0 Å². The van der Waals surface area contributed by atoms with Gasteiger partial charge in [-0.15, -0.1) is 12.3 Å². The Morgan fingerprint density at radius 2 is 2.80 bits per heavy atom. The summed E-state index contributed by atoms with van der Waals surface area (Å²) in [7, 11) is 0. The van der Waals surface area contributed by atoms with E-state index in [1.807, 2.05) is 6.92 Å². The van der Waals surface area contributed by atoms with Gasteiger partial charge in [0, 0.05) is 6.42 Å². The zero-order valence-corrected chi connectivity index (χ0v) is 6.65. The number of terminal acetylenes is 1. The van der Waals surface area contributed by atoms with Crippen molar-refractivity contribution in [3.05, 3.63) is 0 Å². The highest BCUT2D eigenvalue weighted by molar-refractivity contribution is 8.14. The van der Waals surface area contributed by atoms with Crippen LogP contribution in [0.15, 0.2) is 5.16 Å². The highest BCUT2D eigenvalue weighted by atomic mass is 32.2. The second-order valence-corrected chi connectivity index (χ2v) is 3.55. The molecule has 3 heteroatoms. The van der Waals surface area contributed by atoms with Crippen molar-refractivity contribution in [3.63, 3.8) is 0 Å². The topological polar surface area (TPSA) is 21.6 Å². The van der Waals surface area contributed by atoms with Gasteiger partial charge in [0.1, 0.15) is 11.7 Å². The molecule has 0 N–H and O–H groups in total. The van der Waals surface area contributed by atoms with Crippen molar-refractivity contribution in [2.45, 2.75) is 18.6 Å². The predicted octanol–water partition coefficient (Wildman–Crippen LogP) is 1.48. The summed E-state index contributed by atoms with van der Waals surface area (Å²) in [4.78, 5) is 4.92. The summed E-state index contributed by atoms with van der Waals surface area (Å²) in [5.74, 6) is 2.60. The number of rotatable bonds is 1. The molecular weight excluding hydrogens is 146 g/mol. The van der Waals surface area contributed by atoms with Gasteiger partial charge in [0.15, 0.2) is 0 Å². The van der Waals surface area contributed by atoms with Gasteiger partial charge >= 0.3 is 0 Å². The zero-order valence-electron chi connectivity index (χ0n) is 5.83. The molecule has 0 aromatic carbocycles. The van der Waals surface area contributed by atoms with Crippen LogP contribution >= 0.6 is 11.8 Å². The van der Waals surface area contributed by atoms with Crippen LogP contribution in [-0.2, 0) is 4.84 Å². The lowest BCUT2D eigenvalue weighted by atomic mass is 10.3. The van der Waals surface area contributed by atoms with Crippen LogP contribution in [0.25, 0.3) is 0 Å². The Bertz CT molecular complexity index is 183. The van der Waals surface area contributed by atoms with Crippen LogP contribution in [0, 0.1) is 12.3 Å². The van der Waals surface area contributed by atoms with Crippen molar-refractivity contribution in [3.8, 4) is 12.3 Å². The molecule has 1 atom stereocenters. The Hall–Kier alpha value is -0.620. The van der Waals surface area contributed by atoms with Crippen molar-refractivity contribution in [2.24, 2.45) is 5.16 Å². The first-order chi connectivity index (χ1) is 4.83. The lowest BCUT2D eigenvalue weighted by molar-refractivity contribution is 0.144. The van der Waals surface area contributed by atoms with Gasteiger partial charge in [-0.05, 0) is 6.92 Å². The van der Waals surface area contributed by atoms with E-state index in [0.29, 0.717) is 11.9 Å². The number of hydrogen-bond donors (Lipinski definition) is 0. The third-order valence-corrected chi connectivity index (χ3v) is 2.19. The molecule has 0 amide bonds. The average Bonchev–Trinajstić information content (AvgIpc) is 1.88. The average molecular weight is 155 g/mol. The predicted molar refractivity (Wildman–Crippen MR) is 43.9 cm³/mol. The number of hydrogen-bond acceptors (Lipinski definition) is 3. The van der Waals surface area contributed by atoms with E-state index < -0.39 is 0 Å². The molecule has 1 rings (SSSR count). The van der Waals surface area contributed by atoms with Crippen molar-refractivity contribution in [1.82, 2.24) is 0 Å². The van der Waals surface area contributed by atoms with Gasteiger partial charge < -0.3 is 4.84 Å². The quantitative estimate of drug-likeness (QED) is 0.535. The maximum atomic E-state index is 5.15. The second-order valence-electron chi connectivity index (χ2n) is 2.05. The third-order valence-electron chi connectivity index (χ3n) is 1.14. The highest BCUT2D eigenvalue weighted by Gasteiger charge is 2.14. The second kappa shape index (κ2) is 3.52. The van der Waals surface area contributed by atoms with E-state index in [0.717, 1.165) is 11.5 Å². The fourth-order valence-electron chi connectivity index (χ4n) is 0.740. The Morgan fingerprint density at radius 1 is 2.00 bits per heavy atom. The molecule has 0 aromatic heterocycles. The Balaban J connectivity index is 2.39. The van der Waals surface area contributed by atoms with Crippen LogP contribution in [0.5, 0.6) is 0 Å². The number of oxime groups is 1. The Kier molecular flexibility index (Phi) is 2.64. The molecule has 0 bridgehead atoms. The molecule has 0 radical (unpaired) electrons. The molecule has 10 heavy (non-hydrogen) atoms. The smallest absolute Gasteiger partial charge is 0.130 e. The molecule has 54 valence electrons. The lowest BCUT2D eigenvalue weighted by Gasteiger charge is -2.16. The first-order valence-electron chi connectivity index (χ1n) is 3.09. The highest BCUT2D eigenvalue weighted by Crippen LogP contribution is 2.20. The van der Waals surface area contributed by atoms with E-state index >= 15 is 0 Å². The monoisotopic (exact) mass is 155 g/mol. The molecule has 1 aliphatic heterocycles. The van der Waals surface area contributed by atoms with Crippen molar-refractivity contribution < 1.29 is 4.84 Å². The standard InChI is InChI=1S/C7H9NOS/c1-3-4-7-5-9-8-6(2)10-7/h1,7H,4-5H2,2H3. The first kappa shape index (κ1) is 7.49. The molecule has 1 aliphatic rings. The summed E-state index contributed by atoms with van der Waals surface area (Å²) in [5.41, 5.74) is 0. The van der Waals surface area contributed by atoms with Crippen molar-refractivity contribution >= 4 is 16.8 Å². The molecule has 0 aromatic rings. The number of thioether (sulfide) groups is 1. The SMILES string of the molecule is C#CCC1CON=C(C)S1. The van der Waals surface area contributed by atoms with Gasteiger partial charge in [-0.1, -0.05) is 16.9 Å².